The highest BCUT2D eigenvalue weighted by Gasteiger charge is 2.48. The van der Waals surface area contributed by atoms with Gasteiger partial charge in [0, 0.05) is 18.0 Å². The first kappa shape index (κ1) is 20.4. The third kappa shape index (κ3) is 3.49. The van der Waals surface area contributed by atoms with Crippen LogP contribution in [0.3, 0.4) is 0 Å². The fraction of sp³-hybridized carbons (Fsp3) is 0.136. The molecule has 31 heavy (non-hydrogen) atoms. The van der Waals surface area contributed by atoms with Crippen molar-refractivity contribution in [3.8, 4) is 0 Å². The van der Waals surface area contributed by atoms with Crippen molar-refractivity contribution in [3.63, 3.8) is 0 Å². The number of carbonyl (C=O) groups is 3. The van der Waals surface area contributed by atoms with Crippen molar-refractivity contribution >= 4 is 39.9 Å². The van der Waals surface area contributed by atoms with Gasteiger partial charge >= 0.3 is 11.9 Å². The molecule has 3 aromatic rings. The average molecular weight is 435 g/mol. The van der Waals surface area contributed by atoms with E-state index in [9.17, 15) is 19.5 Å². The Labute approximate surface area is 181 Å². The number of hydrogen-bond donors (Lipinski definition) is 1. The van der Waals surface area contributed by atoms with Crippen LogP contribution in [0.1, 0.15) is 32.5 Å². The number of aryl methyl sites for hydroxylation is 1. The van der Waals surface area contributed by atoms with E-state index >= 15 is 0 Å². The number of anilines is 1. The average Bonchev–Trinajstić information content (AvgIpc) is 3.31. The summed E-state index contributed by atoms with van der Waals surface area (Å²) in [5, 5.41) is 11.1. The van der Waals surface area contributed by atoms with Crippen LogP contribution < -0.4 is 4.90 Å². The molecule has 1 saturated heterocycles. The number of esters is 1. The number of aromatic nitrogens is 2. The lowest BCUT2D eigenvalue weighted by Crippen LogP contribution is -2.29. The van der Waals surface area contributed by atoms with Crippen LogP contribution in [0.25, 0.3) is 5.76 Å². The molecule has 1 amide bonds. The molecule has 0 aliphatic carbocycles. The number of methoxy groups -OCH3 is 1. The number of rotatable bonds is 4. The lowest BCUT2D eigenvalue weighted by molar-refractivity contribution is -0.132. The highest BCUT2D eigenvalue weighted by Crippen LogP contribution is 2.43. The molecule has 156 valence electrons. The van der Waals surface area contributed by atoms with E-state index < -0.39 is 23.7 Å². The van der Waals surface area contributed by atoms with E-state index in [0.717, 1.165) is 11.3 Å². The summed E-state index contributed by atoms with van der Waals surface area (Å²) in [6.07, 6.45) is 2.96. The first-order chi connectivity index (χ1) is 14.9. The summed E-state index contributed by atoms with van der Waals surface area (Å²) in [4.78, 5) is 47.9. The quantitative estimate of drug-likeness (QED) is 0.290. The third-order valence-electron chi connectivity index (χ3n) is 4.88. The Morgan fingerprint density at radius 3 is 2.45 bits per heavy atom. The number of thiazole rings is 1. The van der Waals surface area contributed by atoms with Crippen LogP contribution >= 0.6 is 11.3 Å². The largest absolute Gasteiger partial charge is 0.507 e. The number of hydrogen-bond acceptors (Lipinski definition) is 8. The maximum Gasteiger partial charge on any atom is 0.350 e. The maximum atomic E-state index is 13.1. The molecular weight excluding hydrogens is 418 g/mol. The SMILES string of the molecule is COC(=O)c1sc(N2C(=O)C(=O)/C(=C(/O)c3ccncc3)C2c2ccccc2)nc1C. The second-order valence-electron chi connectivity index (χ2n) is 6.72. The van der Waals surface area contributed by atoms with E-state index in [-0.39, 0.29) is 21.3 Å². The van der Waals surface area contributed by atoms with Crippen LogP contribution in [0.2, 0.25) is 0 Å². The van der Waals surface area contributed by atoms with Gasteiger partial charge in [-0.2, -0.15) is 0 Å². The van der Waals surface area contributed by atoms with Crippen LogP contribution in [0, 0.1) is 6.92 Å². The van der Waals surface area contributed by atoms with Crippen molar-refractivity contribution < 1.29 is 24.2 Å². The van der Waals surface area contributed by atoms with Gasteiger partial charge in [0.1, 0.15) is 10.6 Å². The second kappa shape index (κ2) is 8.11. The number of amides is 1. The summed E-state index contributed by atoms with van der Waals surface area (Å²) < 4.78 is 4.78. The third-order valence-corrected chi connectivity index (χ3v) is 6.01. The second-order valence-corrected chi connectivity index (χ2v) is 7.70. The van der Waals surface area contributed by atoms with Gasteiger partial charge in [-0.15, -0.1) is 0 Å². The minimum absolute atomic E-state index is 0.0603. The molecule has 3 heterocycles. The molecule has 1 unspecified atom stereocenters. The van der Waals surface area contributed by atoms with Gasteiger partial charge in [0.25, 0.3) is 5.78 Å². The van der Waals surface area contributed by atoms with Crippen LogP contribution in [0.5, 0.6) is 0 Å². The van der Waals surface area contributed by atoms with Gasteiger partial charge < -0.3 is 9.84 Å². The predicted octanol–water partition coefficient (Wildman–Crippen LogP) is 3.26. The van der Waals surface area contributed by atoms with E-state index in [1.165, 1.54) is 24.4 Å². The Kier molecular flexibility index (Phi) is 5.35. The normalized spacial score (nSPS) is 17.7. The number of benzene rings is 1. The molecule has 0 bridgehead atoms. The minimum Gasteiger partial charge on any atom is -0.507 e. The fourth-order valence-electron chi connectivity index (χ4n) is 3.41. The Bertz CT molecular complexity index is 1200. The summed E-state index contributed by atoms with van der Waals surface area (Å²) in [5.41, 5.74) is 1.30. The van der Waals surface area contributed by atoms with Gasteiger partial charge in [0.2, 0.25) is 0 Å². The van der Waals surface area contributed by atoms with Crippen molar-refractivity contribution in [3.05, 3.63) is 82.1 Å². The molecule has 0 spiro atoms. The van der Waals surface area contributed by atoms with Crippen molar-refractivity contribution in [2.75, 3.05) is 12.0 Å². The zero-order valence-corrected chi connectivity index (χ0v) is 17.4. The Hall–Kier alpha value is -3.85. The molecule has 1 N–H and O–H groups in total. The molecule has 1 aliphatic heterocycles. The molecule has 1 aromatic carbocycles. The maximum absolute atomic E-state index is 13.1. The number of ether oxygens (including phenoxy) is 1. The van der Waals surface area contributed by atoms with Crippen LogP contribution in [0.15, 0.2) is 60.4 Å². The van der Waals surface area contributed by atoms with Crippen LogP contribution in [-0.4, -0.2) is 39.8 Å². The van der Waals surface area contributed by atoms with Gasteiger partial charge in [-0.25, -0.2) is 9.78 Å². The standard InChI is InChI=1S/C22H17N3O5S/c1-12-19(21(29)30-2)31-22(24-12)25-16(13-6-4-3-5-7-13)15(18(27)20(25)28)17(26)14-8-10-23-11-9-14/h3-11,16,26H,1-2H3/b17-15+. The topological polar surface area (TPSA) is 110 Å². The van der Waals surface area contributed by atoms with Gasteiger partial charge in [-0.05, 0) is 24.6 Å². The molecule has 0 saturated carbocycles. The summed E-state index contributed by atoms with van der Waals surface area (Å²) in [6, 6.07) is 11.0. The zero-order chi connectivity index (χ0) is 22.1. The van der Waals surface area contributed by atoms with E-state index in [1.807, 2.05) is 0 Å². The molecule has 4 rings (SSSR count). The van der Waals surface area contributed by atoms with Gasteiger partial charge in [-0.3, -0.25) is 19.5 Å². The van der Waals surface area contributed by atoms with E-state index in [4.69, 9.17) is 4.74 Å². The molecule has 1 aliphatic rings. The Morgan fingerprint density at radius 2 is 1.81 bits per heavy atom. The van der Waals surface area contributed by atoms with Crippen LogP contribution in [-0.2, 0) is 14.3 Å². The number of aliphatic hydroxyl groups is 1. The van der Waals surface area contributed by atoms with E-state index in [0.29, 0.717) is 16.8 Å². The smallest absolute Gasteiger partial charge is 0.350 e. The molecule has 2 aromatic heterocycles. The molecule has 1 atom stereocenters. The van der Waals surface area contributed by atoms with E-state index in [1.54, 1.807) is 49.4 Å². The Morgan fingerprint density at radius 1 is 1.13 bits per heavy atom. The summed E-state index contributed by atoms with van der Waals surface area (Å²) in [5.74, 6) is -2.56. The molecular formula is C22H17N3O5S. The number of aliphatic hydroxyl groups excluding tert-OH is 1. The summed E-state index contributed by atoms with van der Waals surface area (Å²) in [7, 11) is 1.26. The number of nitrogens with zero attached hydrogens (tertiary/aromatic N) is 3. The predicted molar refractivity (Wildman–Crippen MR) is 114 cm³/mol. The van der Waals surface area contributed by atoms with Gasteiger partial charge in [0.05, 0.1) is 24.4 Å². The number of carbonyl (C=O) groups excluding carboxylic acids is 3. The minimum atomic E-state index is -0.912. The highest BCUT2D eigenvalue weighted by atomic mass is 32.1. The van der Waals surface area contributed by atoms with Gasteiger partial charge in [-0.1, -0.05) is 41.7 Å². The lowest BCUT2D eigenvalue weighted by Gasteiger charge is -2.22. The van der Waals surface area contributed by atoms with Crippen molar-refractivity contribution in [1.29, 1.82) is 0 Å². The fourth-order valence-corrected chi connectivity index (χ4v) is 4.42. The first-order valence-corrected chi connectivity index (χ1v) is 10.1. The van der Waals surface area contributed by atoms with Gasteiger partial charge in [0.15, 0.2) is 5.13 Å². The van der Waals surface area contributed by atoms with Crippen molar-refractivity contribution in [1.82, 2.24) is 9.97 Å². The van der Waals surface area contributed by atoms with Crippen molar-refractivity contribution in [2.24, 2.45) is 0 Å². The highest BCUT2D eigenvalue weighted by molar-refractivity contribution is 7.17. The van der Waals surface area contributed by atoms with E-state index in [2.05, 4.69) is 9.97 Å². The lowest BCUT2D eigenvalue weighted by atomic mass is 9.96. The number of Topliss-reactive ketones (excluding diaryl/α,β-unsaturated/α-hetero) is 1. The zero-order valence-electron chi connectivity index (χ0n) is 16.6. The molecule has 0 radical (unpaired) electrons. The summed E-state index contributed by atoms with van der Waals surface area (Å²) >= 11 is 0.956. The molecule has 8 nitrogen and oxygen atoms in total. The van der Waals surface area contributed by atoms with Crippen molar-refractivity contribution in [2.45, 2.75) is 13.0 Å². The first-order valence-electron chi connectivity index (χ1n) is 9.26. The molecule has 1 fully saturated rings. The Balaban J connectivity index is 1.93. The number of pyridine rings is 1. The molecule has 9 heteroatoms. The number of ketones is 1. The monoisotopic (exact) mass is 435 g/mol. The van der Waals surface area contributed by atoms with Crippen LogP contribution in [0.4, 0.5) is 5.13 Å². The summed E-state index contributed by atoms with van der Waals surface area (Å²) in [6.45, 7) is 1.62.